The Bertz CT molecular complexity index is 547. The van der Waals surface area contributed by atoms with Gasteiger partial charge in [0.2, 0.25) is 5.91 Å². The Morgan fingerprint density at radius 3 is 2.11 bits per heavy atom. The van der Waals surface area contributed by atoms with Crippen LogP contribution in [0, 0.1) is 0 Å². The molecule has 0 aliphatic rings. The summed E-state index contributed by atoms with van der Waals surface area (Å²) in [6, 6.07) is 8.74. The molecule has 0 aliphatic heterocycles. The number of benzene rings is 1. The summed E-state index contributed by atoms with van der Waals surface area (Å²) >= 11 is 1.48. The molecular formula is C13H12N2O2S. The van der Waals surface area contributed by atoms with Crippen LogP contribution in [0.25, 0.3) is 0 Å². The Labute approximate surface area is 109 Å². The van der Waals surface area contributed by atoms with Gasteiger partial charge in [-0.3, -0.25) is 9.59 Å². The van der Waals surface area contributed by atoms with Crippen molar-refractivity contribution in [3.8, 4) is 0 Å². The SMILES string of the molecule is CC(=O)Nc1ccc(NC(=O)c2ccsc2)cc1. The maximum Gasteiger partial charge on any atom is 0.256 e. The predicted octanol–water partition coefficient (Wildman–Crippen LogP) is 2.96. The van der Waals surface area contributed by atoms with Crippen molar-refractivity contribution in [1.29, 1.82) is 0 Å². The second-order valence-electron chi connectivity index (χ2n) is 3.72. The number of amides is 2. The lowest BCUT2D eigenvalue weighted by molar-refractivity contribution is -0.114. The number of hydrogen-bond acceptors (Lipinski definition) is 3. The van der Waals surface area contributed by atoms with Crippen LogP contribution in [0.4, 0.5) is 11.4 Å². The van der Waals surface area contributed by atoms with Crippen molar-refractivity contribution in [3.05, 3.63) is 46.7 Å². The van der Waals surface area contributed by atoms with Crippen LogP contribution in [0.2, 0.25) is 0 Å². The predicted molar refractivity (Wildman–Crippen MR) is 73.0 cm³/mol. The Morgan fingerprint density at radius 2 is 1.61 bits per heavy atom. The maximum absolute atomic E-state index is 11.8. The van der Waals surface area contributed by atoms with Gasteiger partial charge >= 0.3 is 0 Å². The summed E-state index contributed by atoms with van der Waals surface area (Å²) in [5.41, 5.74) is 2.04. The molecule has 0 spiro atoms. The monoisotopic (exact) mass is 260 g/mol. The van der Waals surface area contributed by atoms with Crippen molar-refractivity contribution in [2.24, 2.45) is 0 Å². The number of carbonyl (C=O) groups excluding carboxylic acids is 2. The van der Waals surface area contributed by atoms with E-state index in [4.69, 9.17) is 0 Å². The average molecular weight is 260 g/mol. The number of carbonyl (C=O) groups is 2. The Morgan fingerprint density at radius 1 is 1.00 bits per heavy atom. The first-order valence-corrected chi connectivity index (χ1v) is 6.30. The smallest absolute Gasteiger partial charge is 0.256 e. The quantitative estimate of drug-likeness (QED) is 0.891. The lowest BCUT2D eigenvalue weighted by Gasteiger charge is -2.06. The molecule has 5 heteroatoms. The van der Waals surface area contributed by atoms with E-state index in [0.717, 1.165) is 0 Å². The number of thiophene rings is 1. The van der Waals surface area contributed by atoms with E-state index >= 15 is 0 Å². The highest BCUT2D eigenvalue weighted by molar-refractivity contribution is 7.08. The molecule has 0 bridgehead atoms. The topological polar surface area (TPSA) is 58.2 Å². The van der Waals surface area contributed by atoms with Crippen molar-refractivity contribution >= 4 is 34.5 Å². The number of rotatable bonds is 3. The van der Waals surface area contributed by atoms with E-state index in [1.807, 2.05) is 5.38 Å². The van der Waals surface area contributed by atoms with Gasteiger partial charge in [-0.15, -0.1) is 0 Å². The van der Waals surface area contributed by atoms with Crippen molar-refractivity contribution < 1.29 is 9.59 Å². The highest BCUT2D eigenvalue weighted by Gasteiger charge is 2.05. The molecule has 2 rings (SSSR count). The minimum atomic E-state index is -0.136. The summed E-state index contributed by atoms with van der Waals surface area (Å²) in [6.07, 6.45) is 0. The molecule has 0 unspecified atom stereocenters. The van der Waals surface area contributed by atoms with Crippen LogP contribution >= 0.6 is 11.3 Å². The van der Waals surface area contributed by atoms with E-state index in [-0.39, 0.29) is 11.8 Å². The number of nitrogens with one attached hydrogen (secondary N) is 2. The molecule has 2 N–H and O–H groups in total. The second kappa shape index (κ2) is 5.46. The van der Waals surface area contributed by atoms with E-state index in [1.54, 1.807) is 35.7 Å². The standard InChI is InChI=1S/C13H12N2O2S/c1-9(16)14-11-2-4-12(5-3-11)15-13(17)10-6-7-18-8-10/h2-8H,1H3,(H,14,16)(H,15,17). The molecule has 4 nitrogen and oxygen atoms in total. The van der Waals surface area contributed by atoms with Crippen molar-refractivity contribution in [2.75, 3.05) is 10.6 Å². The fourth-order valence-corrected chi connectivity index (χ4v) is 2.07. The molecule has 0 atom stereocenters. The van der Waals surface area contributed by atoms with Crippen LogP contribution in [-0.4, -0.2) is 11.8 Å². The van der Waals surface area contributed by atoms with Gasteiger partial charge in [-0.1, -0.05) is 0 Å². The van der Waals surface area contributed by atoms with E-state index in [1.165, 1.54) is 18.3 Å². The number of hydrogen-bond donors (Lipinski definition) is 2. The van der Waals surface area contributed by atoms with Gasteiger partial charge in [0.1, 0.15) is 0 Å². The molecule has 2 amide bonds. The molecule has 1 aromatic heterocycles. The number of anilines is 2. The maximum atomic E-state index is 11.8. The lowest BCUT2D eigenvalue weighted by atomic mass is 10.2. The van der Waals surface area contributed by atoms with Gasteiger partial charge in [-0.05, 0) is 35.7 Å². The zero-order chi connectivity index (χ0) is 13.0. The molecule has 0 fully saturated rings. The van der Waals surface area contributed by atoms with Gasteiger partial charge in [0.15, 0.2) is 0 Å². The van der Waals surface area contributed by atoms with Gasteiger partial charge in [-0.2, -0.15) is 11.3 Å². The fraction of sp³-hybridized carbons (Fsp3) is 0.0769. The fourth-order valence-electron chi connectivity index (χ4n) is 1.44. The van der Waals surface area contributed by atoms with Crippen LogP contribution in [0.15, 0.2) is 41.1 Å². The lowest BCUT2D eigenvalue weighted by Crippen LogP contribution is -2.11. The Kier molecular flexibility index (Phi) is 3.74. The highest BCUT2D eigenvalue weighted by atomic mass is 32.1. The zero-order valence-corrected chi connectivity index (χ0v) is 10.6. The molecular weight excluding hydrogens is 248 g/mol. The minimum absolute atomic E-state index is 0.120. The van der Waals surface area contributed by atoms with Crippen molar-refractivity contribution in [1.82, 2.24) is 0 Å². The van der Waals surface area contributed by atoms with Gasteiger partial charge in [0, 0.05) is 23.7 Å². The molecule has 0 aliphatic carbocycles. The third-order valence-corrected chi connectivity index (χ3v) is 2.93. The van der Waals surface area contributed by atoms with Gasteiger partial charge in [0.05, 0.1) is 5.56 Å². The van der Waals surface area contributed by atoms with Crippen molar-refractivity contribution in [2.45, 2.75) is 6.92 Å². The summed E-state index contributed by atoms with van der Waals surface area (Å²) in [7, 11) is 0. The average Bonchev–Trinajstić information content (AvgIpc) is 2.84. The molecule has 2 aromatic rings. The Hall–Kier alpha value is -2.14. The molecule has 0 saturated heterocycles. The normalized spacial score (nSPS) is 9.83. The minimum Gasteiger partial charge on any atom is -0.326 e. The molecule has 0 saturated carbocycles. The molecule has 18 heavy (non-hydrogen) atoms. The molecule has 92 valence electrons. The van der Waals surface area contributed by atoms with Crippen LogP contribution in [0.3, 0.4) is 0 Å². The third kappa shape index (κ3) is 3.18. The second-order valence-corrected chi connectivity index (χ2v) is 4.50. The Balaban J connectivity index is 2.02. The van der Waals surface area contributed by atoms with E-state index < -0.39 is 0 Å². The third-order valence-electron chi connectivity index (χ3n) is 2.25. The summed E-state index contributed by atoms with van der Waals surface area (Å²) in [4.78, 5) is 22.6. The summed E-state index contributed by atoms with van der Waals surface area (Å²) < 4.78 is 0. The summed E-state index contributed by atoms with van der Waals surface area (Å²) in [5, 5.41) is 9.09. The van der Waals surface area contributed by atoms with Gasteiger partial charge < -0.3 is 10.6 Å². The van der Waals surface area contributed by atoms with Crippen molar-refractivity contribution in [3.63, 3.8) is 0 Å². The van der Waals surface area contributed by atoms with E-state index in [0.29, 0.717) is 16.9 Å². The summed E-state index contributed by atoms with van der Waals surface area (Å²) in [6.45, 7) is 1.45. The van der Waals surface area contributed by atoms with Gasteiger partial charge in [0.25, 0.3) is 5.91 Å². The summed E-state index contributed by atoms with van der Waals surface area (Å²) in [5.74, 6) is -0.256. The van der Waals surface area contributed by atoms with Crippen LogP contribution in [0.5, 0.6) is 0 Å². The van der Waals surface area contributed by atoms with Gasteiger partial charge in [-0.25, -0.2) is 0 Å². The van der Waals surface area contributed by atoms with Crippen LogP contribution < -0.4 is 10.6 Å². The zero-order valence-electron chi connectivity index (χ0n) is 9.77. The molecule has 1 aromatic carbocycles. The largest absolute Gasteiger partial charge is 0.326 e. The molecule has 1 heterocycles. The first-order valence-electron chi connectivity index (χ1n) is 5.36. The van der Waals surface area contributed by atoms with E-state index in [2.05, 4.69) is 10.6 Å². The van der Waals surface area contributed by atoms with E-state index in [9.17, 15) is 9.59 Å². The van der Waals surface area contributed by atoms with Crippen LogP contribution in [0.1, 0.15) is 17.3 Å². The first kappa shape index (κ1) is 12.3. The highest BCUT2D eigenvalue weighted by Crippen LogP contribution is 2.15. The molecule has 0 radical (unpaired) electrons. The van der Waals surface area contributed by atoms with Crippen LogP contribution in [-0.2, 0) is 4.79 Å². The first-order chi connectivity index (χ1) is 8.65.